The fourth-order valence-electron chi connectivity index (χ4n) is 2.65. The molecule has 1 aromatic rings. The normalized spacial score (nSPS) is 23.3. The van der Waals surface area contributed by atoms with Gasteiger partial charge in [0, 0.05) is 17.1 Å². The van der Waals surface area contributed by atoms with Crippen LogP contribution in [0.3, 0.4) is 0 Å². The fraction of sp³-hybridized carbons (Fsp3) is 0.571. The average molecular weight is 351 g/mol. The predicted octanol–water partition coefficient (Wildman–Crippen LogP) is 3.16. The molecule has 0 amide bonds. The van der Waals surface area contributed by atoms with Crippen molar-refractivity contribution in [2.75, 3.05) is 0 Å². The molecule has 1 saturated carbocycles. The second-order valence-corrected chi connectivity index (χ2v) is 8.11. The third kappa shape index (κ3) is 3.71. The molecular weight excluding hydrogens is 331 g/mol. The van der Waals surface area contributed by atoms with Crippen LogP contribution in [0.25, 0.3) is 0 Å². The molecule has 0 unspecified atom stereocenters. The Kier molecular flexibility index (Phi) is 5.21. The van der Waals surface area contributed by atoms with Gasteiger partial charge >= 0.3 is 0 Å². The maximum atomic E-state index is 12.6. The van der Waals surface area contributed by atoms with Crippen LogP contribution in [0, 0.1) is 13.8 Å². The molecule has 4 nitrogen and oxygen atoms in total. The van der Waals surface area contributed by atoms with Crippen LogP contribution in [0.2, 0.25) is 10.0 Å². The zero-order valence-corrected chi connectivity index (χ0v) is 14.4. The molecule has 2 rings (SSSR count). The lowest BCUT2D eigenvalue weighted by atomic mass is 9.93. The molecular formula is C14H20Cl2N2O2S. The highest BCUT2D eigenvalue weighted by Crippen LogP contribution is 2.33. The van der Waals surface area contributed by atoms with Gasteiger partial charge in [0.25, 0.3) is 0 Å². The van der Waals surface area contributed by atoms with Gasteiger partial charge in [-0.15, -0.1) is 0 Å². The quantitative estimate of drug-likeness (QED) is 0.879. The van der Waals surface area contributed by atoms with Crippen LogP contribution in [-0.2, 0) is 10.0 Å². The van der Waals surface area contributed by atoms with E-state index in [4.69, 9.17) is 28.9 Å². The number of hydrogen-bond donors (Lipinski definition) is 2. The van der Waals surface area contributed by atoms with E-state index in [-0.39, 0.29) is 22.0 Å². The number of nitrogens with two attached hydrogens (primary N) is 1. The van der Waals surface area contributed by atoms with Gasteiger partial charge in [0.05, 0.1) is 5.02 Å². The lowest BCUT2D eigenvalue weighted by Gasteiger charge is -2.27. The molecule has 0 aromatic heterocycles. The molecule has 1 aromatic carbocycles. The smallest absolute Gasteiger partial charge is 0.242 e. The summed E-state index contributed by atoms with van der Waals surface area (Å²) in [5.74, 6) is 0. The maximum Gasteiger partial charge on any atom is 0.242 e. The standard InChI is InChI=1S/C14H20Cl2N2O2S/c1-8-7-12(15)9(2)14(13(8)16)21(19,20)18-11-5-3-10(17)4-6-11/h7,10-11,18H,3-6,17H2,1-2H3. The summed E-state index contributed by atoms with van der Waals surface area (Å²) in [6.45, 7) is 3.41. The van der Waals surface area contributed by atoms with Crippen LogP contribution < -0.4 is 10.5 Å². The van der Waals surface area contributed by atoms with E-state index in [0.717, 1.165) is 25.7 Å². The van der Waals surface area contributed by atoms with Crippen molar-refractivity contribution in [2.24, 2.45) is 5.73 Å². The number of nitrogens with one attached hydrogen (secondary N) is 1. The van der Waals surface area contributed by atoms with E-state index in [0.29, 0.717) is 16.1 Å². The first-order valence-corrected chi connectivity index (χ1v) is 9.19. The minimum absolute atomic E-state index is 0.0871. The third-order valence-electron chi connectivity index (χ3n) is 3.95. The molecule has 1 fully saturated rings. The van der Waals surface area contributed by atoms with Crippen molar-refractivity contribution in [3.63, 3.8) is 0 Å². The van der Waals surface area contributed by atoms with E-state index in [9.17, 15) is 8.42 Å². The van der Waals surface area contributed by atoms with Gasteiger partial charge in [-0.05, 0) is 56.7 Å². The first kappa shape index (κ1) is 17.0. The highest BCUT2D eigenvalue weighted by atomic mass is 35.5. The zero-order chi connectivity index (χ0) is 15.8. The number of hydrogen-bond acceptors (Lipinski definition) is 3. The van der Waals surface area contributed by atoms with E-state index in [1.807, 2.05) is 0 Å². The van der Waals surface area contributed by atoms with Crippen molar-refractivity contribution in [1.29, 1.82) is 0 Å². The number of sulfonamides is 1. The molecule has 0 heterocycles. The largest absolute Gasteiger partial charge is 0.328 e. The Bertz CT molecular complexity index is 613. The number of rotatable bonds is 3. The van der Waals surface area contributed by atoms with Crippen LogP contribution in [0.5, 0.6) is 0 Å². The van der Waals surface area contributed by atoms with Gasteiger partial charge in [-0.1, -0.05) is 23.2 Å². The molecule has 0 radical (unpaired) electrons. The minimum Gasteiger partial charge on any atom is -0.328 e. The minimum atomic E-state index is -3.69. The summed E-state index contributed by atoms with van der Waals surface area (Å²) < 4.78 is 28.0. The van der Waals surface area contributed by atoms with Gasteiger partial charge in [-0.2, -0.15) is 0 Å². The summed E-state index contributed by atoms with van der Waals surface area (Å²) in [6.07, 6.45) is 3.15. The summed E-state index contributed by atoms with van der Waals surface area (Å²) in [5.41, 5.74) is 6.97. The molecule has 0 atom stereocenters. The monoisotopic (exact) mass is 350 g/mol. The first-order valence-electron chi connectivity index (χ1n) is 6.95. The molecule has 3 N–H and O–H groups in total. The van der Waals surface area contributed by atoms with Crippen molar-refractivity contribution in [2.45, 2.75) is 56.5 Å². The van der Waals surface area contributed by atoms with Gasteiger partial charge in [0.15, 0.2) is 0 Å². The molecule has 0 aliphatic heterocycles. The van der Waals surface area contributed by atoms with Crippen LogP contribution >= 0.6 is 23.2 Å². The van der Waals surface area contributed by atoms with Crippen LogP contribution in [0.4, 0.5) is 0 Å². The van der Waals surface area contributed by atoms with E-state index in [1.165, 1.54) is 0 Å². The van der Waals surface area contributed by atoms with Crippen LogP contribution in [0.15, 0.2) is 11.0 Å². The molecule has 1 aliphatic carbocycles. The third-order valence-corrected chi connectivity index (χ3v) is 6.63. The second-order valence-electron chi connectivity index (χ2n) is 5.68. The Morgan fingerprint density at radius 3 is 2.33 bits per heavy atom. The highest BCUT2D eigenvalue weighted by Gasteiger charge is 2.28. The van der Waals surface area contributed by atoms with E-state index >= 15 is 0 Å². The number of benzene rings is 1. The van der Waals surface area contributed by atoms with Crippen molar-refractivity contribution >= 4 is 33.2 Å². The summed E-state index contributed by atoms with van der Waals surface area (Å²) in [4.78, 5) is 0.0871. The second kappa shape index (κ2) is 6.42. The lowest BCUT2D eigenvalue weighted by Crippen LogP contribution is -2.40. The number of halogens is 2. The predicted molar refractivity (Wildman–Crippen MR) is 86.5 cm³/mol. The maximum absolute atomic E-state index is 12.6. The van der Waals surface area contributed by atoms with E-state index < -0.39 is 10.0 Å². The van der Waals surface area contributed by atoms with Crippen molar-refractivity contribution in [1.82, 2.24) is 4.72 Å². The molecule has 0 saturated heterocycles. The van der Waals surface area contributed by atoms with Crippen molar-refractivity contribution in [3.05, 3.63) is 27.2 Å². The van der Waals surface area contributed by atoms with Gasteiger partial charge in [-0.25, -0.2) is 13.1 Å². The Labute approximate surface area is 136 Å². The van der Waals surface area contributed by atoms with Crippen LogP contribution in [0.1, 0.15) is 36.8 Å². The lowest BCUT2D eigenvalue weighted by molar-refractivity contribution is 0.373. The average Bonchev–Trinajstić information content (AvgIpc) is 2.39. The number of aryl methyl sites for hydroxylation is 1. The summed E-state index contributed by atoms with van der Waals surface area (Å²) >= 11 is 12.3. The zero-order valence-electron chi connectivity index (χ0n) is 12.1. The van der Waals surface area contributed by atoms with E-state index in [1.54, 1.807) is 19.9 Å². The molecule has 1 aliphatic rings. The van der Waals surface area contributed by atoms with Crippen molar-refractivity contribution < 1.29 is 8.42 Å². The topological polar surface area (TPSA) is 72.2 Å². The Morgan fingerprint density at radius 1 is 1.19 bits per heavy atom. The molecule has 21 heavy (non-hydrogen) atoms. The highest BCUT2D eigenvalue weighted by molar-refractivity contribution is 7.89. The summed E-state index contributed by atoms with van der Waals surface area (Å²) in [6, 6.07) is 1.76. The Balaban J connectivity index is 2.32. The van der Waals surface area contributed by atoms with E-state index in [2.05, 4.69) is 4.72 Å². The molecule has 0 spiro atoms. The Hall–Kier alpha value is -0.330. The molecule has 0 bridgehead atoms. The van der Waals surface area contributed by atoms with Gasteiger partial charge in [-0.3, -0.25) is 0 Å². The van der Waals surface area contributed by atoms with Gasteiger partial charge in [0.2, 0.25) is 10.0 Å². The summed E-state index contributed by atoms with van der Waals surface area (Å²) in [5, 5.41) is 0.639. The van der Waals surface area contributed by atoms with Gasteiger partial charge in [0.1, 0.15) is 4.90 Å². The van der Waals surface area contributed by atoms with Crippen molar-refractivity contribution in [3.8, 4) is 0 Å². The summed E-state index contributed by atoms with van der Waals surface area (Å²) in [7, 11) is -3.69. The first-order chi connectivity index (χ1) is 9.72. The van der Waals surface area contributed by atoms with Gasteiger partial charge < -0.3 is 5.73 Å². The Morgan fingerprint density at radius 2 is 1.76 bits per heavy atom. The molecule has 7 heteroatoms. The SMILES string of the molecule is Cc1cc(Cl)c(C)c(S(=O)(=O)NC2CCC(N)CC2)c1Cl. The van der Waals surface area contributed by atoms with Crippen LogP contribution in [-0.4, -0.2) is 20.5 Å². The fourth-order valence-corrected chi connectivity index (χ4v) is 5.17. The molecule has 118 valence electrons.